The van der Waals surface area contributed by atoms with E-state index in [1.807, 2.05) is 59.5 Å². The third kappa shape index (κ3) is 3.87. The number of ether oxygens (including phenoxy) is 2. The predicted molar refractivity (Wildman–Crippen MR) is 122 cm³/mol. The van der Waals surface area contributed by atoms with Gasteiger partial charge in [0.2, 0.25) is 0 Å². The summed E-state index contributed by atoms with van der Waals surface area (Å²) < 4.78 is 11.0. The Hall–Kier alpha value is -3.93. The van der Waals surface area contributed by atoms with Crippen LogP contribution in [-0.2, 0) is 13.0 Å². The minimum atomic E-state index is -0.137. The van der Waals surface area contributed by atoms with Gasteiger partial charge in [0.1, 0.15) is 6.61 Å². The van der Waals surface area contributed by atoms with Gasteiger partial charge in [-0.2, -0.15) is 9.97 Å². The molecule has 1 aliphatic heterocycles. The molecule has 0 aliphatic carbocycles. The summed E-state index contributed by atoms with van der Waals surface area (Å²) >= 11 is 0. The van der Waals surface area contributed by atoms with Crippen LogP contribution in [0.3, 0.4) is 0 Å². The first-order valence-corrected chi connectivity index (χ1v) is 10.6. The monoisotopic (exact) mass is 425 g/mol. The highest BCUT2D eigenvalue weighted by Crippen LogP contribution is 2.28. The summed E-state index contributed by atoms with van der Waals surface area (Å²) in [6.07, 6.45) is 3.85. The fourth-order valence-corrected chi connectivity index (χ4v) is 4.20. The largest absolute Gasteiger partial charge is 0.494 e. The predicted octanol–water partition coefficient (Wildman–Crippen LogP) is 4.28. The molecule has 1 aliphatic rings. The number of carbonyl (C=O) groups excluding carboxylic acids is 1. The second-order valence-corrected chi connectivity index (χ2v) is 7.80. The molecule has 2 heterocycles. The standard InChI is InChI=1S/C26H23N3O3/c1-31-22-14-27-26(28-15-22)32-17-21-13-19-8-2-3-9-20(19)16-29(21)25(30)24-12-6-10-18-7-4-5-11-23(18)24/h2-12,14-15,21H,13,16-17H2,1H3. The van der Waals surface area contributed by atoms with Crippen molar-refractivity contribution in [1.29, 1.82) is 0 Å². The van der Waals surface area contributed by atoms with Gasteiger partial charge in [-0.25, -0.2) is 0 Å². The average molecular weight is 425 g/mol. The summed E-state index contributed by atoms with van der Waals surface area (Å²) in [5.41, 5.74) is 3.10. The Bertz CT molecular complexity index is 1250. The van der Waals surface area contributed by atoms with Crippen molar-refractivity contribution in [1.82, 2.24) is 14.9 Å². The van der Waals surface area contributed by atoms with E-state index >= 15 is 0 Å². The minimum absolute atomic E-state index is 0.000511. The molecular weight excluding hydrogens is 402 g/mol. The Balaban J connectivity index is 1.45. The topological polar surface area (TPSA) is 64.6 Å². The van der Waals surface area contributed by atoms with Gasteiger partial charge in [-0.3, -0.25) is 4.79 Å². The van der Waals surface area contributed by atoms with Crippen LogP contribution in [-0.4, -0.2) is 40.5 Å². The maximum Gasteiger partial charge on any atom is 0.316 e. The first kappa shape index (κ1) is 20.0. The molecule has 3 aromatic carbocycles. The van der Waals surface area contributed by atoms with Gasteiger partial charge < -0.3 is 14.4 Å². The summed E-state index contributed by atoms with van der Waals surface area (Å²) in [6, 6.07) is 22.2. The first-order valence-electron chi connectivity index (χ1n) is 10.6. The second kappa shape index (κ2) is 8.67. The molecule has 0 spiro atoms. The summed E-state index contributed by atoms with van der Waals surface area (Å²) in [7, 11) is 1.56. The highest BCUT2D eigenvalue weighted by Gasteiger charge is 2.31. The molecule has 6 heteroatoms. The van der Waals surface area contributed by atoms with Crippen LogP contribution in [0.1, 0.15) is 21.5 Å². The Morgan fingerprint density at radius 2 is 1.69 bits per heavy atom. The molecule has 1 atom stereocenters. The zero-order valence-corrected chi connectivity index (χ0v) is 17.8. The van der Waals surface area contributed by atoms with Crippen LogP contribution in [0.15, 0.2) is 79.1 Å². The Morgan fingerprint density at radius 3 is 2.50 bits per heavy atom. The summed E-state index contributed by atoms with van der Waals surface area (Å²) in [5.74, 6) is 0.567. The van der Waals surface area contributed by atoms with Gasteiger partial charge in [0.15, 0.2) is 5.75 Å². The van der Waals surface area contributed by atoms with Crippen molar-refractivity contribution in [3.05, 3.63) is 95.8 Å². The molecule has 0 N–H and O–H groups in total. The number of amides is 1. The number of carbonyl (C=O) groups is 1. The highest BCUT2D eigenvalue weighted by atomic mass is 16.5. The number of benzene rings is 3. The van der Waals surface area contributed by atoms with E-state index in [2.05, 4.69) is 22.1 Å². The lowest BCUT2D eigenvalue weighted by Gasteiger charge is -2.37. The van der Waals surface area contributed by atoms with E-state index < -0.39 is 0 Å². The van der Waals surface area contributed by atoms with Crippen LogP contribution in [0, 0.1) is 0 Å². The van der Waals surface area contributed by atoms with Crippen LogP contribution in [0.5, 0.6) is 11.8 Å². The van der Waals surface area contributed by atoms with Crippen molar-refractivity contribution in [2.75, 3.05) is 13.7 Å². The molecule has 0 bridgehead atoms. The third-order valence-electron chi connectivity index (χ3n) is 5.88. The van der Waals surface area contributed by atoms with Crippen molar-refractivity contribution in [2.45, 2.75) is 19.0 Å². The molecule has 5 rings (SSSR count). The van der Waals surface area contributed by atoms with E-state index in [1.165, 1.54) is 5.56 Å². The molecule has 32 heavy (non-hydrogen) atoms. The zero-order chi connectivity index (χ0) is 21.9. The van der Waals surface area contributed by atoms with Gasteiger partial charge in [0, 0.05) is 12.1 Å². The zero-order valence-electron chi connectivity index (χ0n) is 17.8. The summed E-state index contributed by atoms with van der Waals surface area (Å²) in [5, 5.41) is 2.01. The number of rotatable bonds is 5. The SMILES string of the molecule is COc1cnc(OCC2Cc3ccccc3CN2C(=O)c2cccc3ccccc23)nc1. The quantitative estimate of drug-likeness (QED) is 0.477. The molecular formula is C26H23N3O3. The lowest BCUT2D eigenvalue weighted by atomic mass is 9.93. The molecule has 1 amide bonds. The second-order valence-electron chi connectivity index (χ2n) is 7.80. The Kier molecular flexibility index (Phi) is 5.42. The van der Waals surface area contributed by atoms with E-state index in [0.717, 1.165) is 16.3 Å². The van der Waals surface area contributed by atoms with Gasteiger partial charge >= 0.3 is 6.01 Å². The molecule has 0 saturated heterocycles. The first-order chi connectivity index (χ1) is 15.7. The van der Waals surface area contributed by atoms with Gasteiger partial charge in [-0.05, 0) is 34.4 Å². The number of hydrogen-bond donors (Lipinski definition) is 0. The van der Waals surface area contributed by atoms with Crippen LogP contribution < -0.4 is 9.47 Å². The molecule has 4 aromatic rings. The fraction of sp³-hybridized carbons (Fsp3) is 0.192. The van der Waals surface area contributed by atoms with Crippen LogP contribution in [0.4, 0.5) is 0 Å². The van der Waals surface area contributed by atoms with E-state index in [9.17, 15) is 4.79 Å². The number of methoxy groups -OCH3 is 1. The molecule has 6 nitrogen and oxygen atoms in total. The van der Waals surface area contributed by atoms with E-state index in [4.69, 9.17) is 9.47 Å². The molecule has 1 unspecified atom stereocenters. The van der Waals surface area contributed by atoms with Crippen LogP contribution >= 0.6 is 0 Å². The van der Waals surface area contributed by atoms with Gasteiger partial charge in [0.05, 0.1) is 25.5 Å². The molecule has 1 aromatic heterocycles. The number of aromatic nitrogens is 2. The van der Waals surface area contributed by atoms with Gasteiger partial charge in [0.25, 0.3) is 5.91 Å². The summed E-state index contributed by atoms with van der Waals surface area (Å²) in [4.78, 5) is 24.0. The Morgan fingerprint density at radius 1 is 0.969 bits per heavy atom. The molecule has 0 saturated carbocycles. The maximum atomic E-state index is 13.8. The van der Waals surface area contributed by atoms with E-state index in [0.29, 0.717) is 30.9 Å². The lowest BCUT2D eigenvalue weighted by molar-refractivity contribution is 0.0560. The van der Waals surface area contributed by atoms with Crippen LogP contribution in [0.25, 0.3) is 10.8 Å². The van der Waals surface area contributed by atoms with Crippen LogP contribution in [0.2, 0.25) is 0 Å². The molecule has 160 valence electrons. The van der Waals surface area contributed by atoms with Gasteiger partial charge in [-0.1, -0.05) is 60.7 Å². The average Bonchev–Trinajstić information content (AvgIpc) is 2.86. The third-order valence-corrected chi connectivity index (χ3v) is 5.88. The maximum absolute atomic E-state index is 13.8. The number of hydrogen-bond acceptors (Lipinski definition) is 5. The normalized spacial score (nSPS) is 15.3. The minimum Gasteiger partial charge on any atom is -0.494 e. The smallest absolute Gasteiger partial charge is 0.316 e. The van der Waals surface area contributed by atoms with Crippen molar-refractivity contribution < 1.29 is 14.3 Å². The van der Waals surface area contributed by atoms with E-state index in [-0.39, 0.29) is 18.0 Å². The van der Waals surface area contributed by atoms with Crippen molar-refractivity contribution in [2.24, 2.45) is 0 Å². The number of nitrogens with zero attached hydrogens (tertiary/aromatic N) is 3. The van der Waals surface area contributed by atoms with Crippen molar-refractivity contribution in [3.8, 4) is 11.8 Å². The van der Waals surface area contributed by atoms with Crippen molar-refractivity contribution in [3.63, 3.8) is 0 Å². The highest BCUT2D eigenvalue weighted by molar-refractivity contribution is 6.07. The van der Waals surface area contributed by atoms with E-state index in [1.54, 1.807) is 19.5 Å². The summed E-state index contributed by atoms with van der Waals surface area (Å²) in [6.45, 7) is 0.840. The fourth-order valence-electron chi connectivity index (χ4n) is 4.20. The van der Waals surface area contributed by atoms with Gasteiger partial charge in [-0.15, -0.1) is 0 Å². The molecule has 0 fully saturated rings. The lowest BCUT2D eigenvalue weighted by Crippen LogP contribution is -2.47. The number of fused-ring (bicyclic) bond motifs is 2. The molecule has 0 radical (unpaired) electrons. The Labute approximate surface area is 186 Å². The van der Waals surface area contributed by atoms with Crippen molar-refractivity contribution >= 4 is 16.7 Å².